The average Bonchev–Trinajstić information content (AvgIpc) is 2.28. The van der Waals surface area contributed by atoms with Crippen molar-refractivity contribution in [3.05, 3.63) is 29.8 Å². The van der Waals surface area contributed by atoms with Gasteiger partial charge in [0, 0.05) is 18.6 Å². The van der Waals surface area contributed by atoms with Crippen molar-refractivity contribution in [2.75, 3.05) is 20.2 Å². The Hall–Kier alpha value is -1.06. The molecule has 1 aliphatic rings. The second-order valence-corrected chi connectivity index (χ2v) is 5.01. The fraction of sp³-hybridized carbons (Fsp3) is 0.600. The van der Waals surface area contributed by atoms with Crippen molar-refractivity contribution in [2.45, 2.75) is 38.3 Å². The molecular weight excluding hydrogens is 224 g/mol. The standard InChI is InChI=1S/C15H24N2O/c1-3-18-14-9-4-6-12(10-14)15(11-16)17(2)13-7-5-8-13/h4,6,9-10,13,15H,3,5,7-8,11,16H2,1-2H3. The molecular formula is C15H24N2O. The van der Waals surface area contributed by atoms with Gasteiger partial charge in [0.1, 0.15) is 5.75 Å². The lowest BCUT2D eigenvalue weighted by atomic mass is 9.89. The van der Waals surface area contributed by atoms with Crippen LogP contribution in [0.3, 0.4) is 0 Å². The van der Waals surface area contributed by atoms with E-state index in [1.54, 1.807) is 0 Å². The summed E-state index contributed by atoms with van der Waals surface area (Å²) in [6.07, 6.45) is 3.96. The topological polar surface area (TPSA) is 38.5 Å². The Morgan fingerprint density at radius 1 is 1.44 bits per heavy atom. The molecule has 0 aromatic heterocycles. The van der Waals surface area contributed by atoms with Crippen LogP contribution in [0.2, 0.25) is 0 Å². The number of hydrogen-bond donors (Lipinski definition) is 1. The largest absolute Gasteiger partial charge is 0.494 e. The highest BCUT2D eigenvalue weighted by molar-refractivity contribution is 5.31. The molecule has 1 aromatic rings. The molecule has 0 amide bonds. The number of likely N-dealkylation sites (N-methyl/N-ethyl adjacent to an activating group) is 1. The minimum absolute atomic E-state index is 0.302. The zero-order valence-corrected chi connectivity index (χ0v) is 11.4. The molecule has 1 fully saturated rings. The summed E-state index contributed by atoms with van der Waals surface area (Å²) >= 11 is 0. The lowest BCUT2D eigenvalue weighted by Crippen LogP contribution is -2.42. The second kappa shape index (κ2) is 6.21. The Morgan fingerprint density at radius 3 is 2.78 bits per heavy atom. The van der Waals surface area contributed by atoms with Crippen LogP contribution >= 0.6 is 0 Å². The summed E-state index contributed by atoms with van der Waals surface area (Å²) in [7, 11) is 2.19. The average molecular weight is 248 g/mol. The molecule has 3 nitrogen and oxygen atoms in total. The number of rotatable bonds is 6. The van der Waals surface area contributed by atoms with Gasteiger partial charge in [-0.3, -0.25) is 4.90 Å². The Balaban J connectivity index is 2.12. The van der Waals surface area contributed by atoms with E-state index in [2.05, 4.69) is 30.1 Å². The summed E-state index contributed by atoms with van der Waals surface area (Å²) in [6.45, 7) is 3.37. The molecule has 0 bridgehead atoms. The molecule has 1 unspecified atom stereocenters. The number of benzene rings is 1. The van der Waals surface area contributed by atoms with Gasteiger partial charge in [0.05, 0.1) is 6.61 Å². The maximum absolute atomic E-state index is 5.96. The predicted octanol–water partition coefficient (Wildman–Crippen LogP) is 2.57. The summed E-state index contributed by atoms with van der Waals surface area (Å²) in [5.74, 6) is 0.940. The normalized spacial score (nSPS) is 17.6. The Labute approximate surface area is 110 Å². The van der Waals surface area contributed by atoms with E-state index in [0.717, 1.165) is 5.75 Å². The lowest BCUT2D eigenvalue weighted by molar-refractivity contribution is 0.113. The molecule has 0 saturated heterocycles. The summed E-state index contributed by atoms with van der Waals surface area (Å²) in [5, 5.41) is 0. The Kier molecular flexibility index (Phi) is 4.61. The second-order valence-electron chi connectivity index (χ2n) is 5.01. The highest BCUT2D eigenvalue weighted by Crippen LogP contribution is 2.31. The smallest absolute Gasteiger partial charge is 0.119 e. The third-order valence-corrected chi connectivity index (χ3v) is 3.92. The van der Waals surface area contributed by atoms with Crippen LogP contribution in [-0.4, -0.2) is 31.1 Å². The molecule has 2 rings (SSSR count). The van der Waals surface area contributed by atoms with Crippen LogP contribution in [0, 0.1) is 0 Å². The van der Waals surface area contributed by atoms with Crippen molar-refractivity contribution < 1.29 is 4.74 Å². The molecule has 0 heterocycles. The molecule has 1 saturated carbocycles. The van der Waals surface area contributed by atoms with E-state index < -0.39 is 0 Å². The van der Waals surface area contributed by atoms with Crippen LogP contribution in [-0.2, 0) is 0 Å². The van der Waals surface area contributed by atoms with Crippen molar-refractivity contribution in [3.63, 3.8) is 0 Å². The molecule has 18 heavy (non-hydrogen) atoms. The highest BCUT2D eigenvalue weighted by Gasteiger charge is 2.27. The van der Waals surface area contributed by atoms with Gasteiger partial charge in [-0.1, -0.05) is 18.6 Å². The summed E-state index contributed by atoms with van der Waals surface area (Å²) < 4.78 is 5.56. The van der Waals surface area contributed by atoms with Gasteiger partial charge in [0.15, 0.2) is 0 Å². The van der Waals surface area contributed by atoms with Gasteiger partial charge < -0.3 is 10.5 Å². The minimum Gasteiger partial charge on any atom is -0.494 e. The quantitative estimate of drug-likeness (QED) is 0.841. The molecule has 1 aromatic carbocycles. The van der Waals surface area contributed by atoms with Crippen molar-refractivity contribution in [3.8, 4) is 5.75 Å². The highest BCUT2D eigenvalue weighted by atomic mass is 16.5. The molecule has 0 aliphatic heterocycles. The number of hydrogen-bond acceptors (Lipinski definition) is 3. The van der Waals surface area contributed by atoms with E-state index in [1.165, 1.54) is 24.8 Å². The van der Waals surface area contributed by atoms with Crippen LogP contribution in [0.4, 0.5) is 0 Å². The van der Waals surface area contributed by atoms with Gasteiger partial charge in [-0.25, -0.2) is 0 Å². The van der Waals surface area contributed by atoms with Gasteiger partial charge in [-0.2, -0.15) is 0 Å². The molecule has 2 N–H and O–H groups in total. The SMILES string of the molecule is CCOc1cccc(C(CN)N(C)C2CCC2)c1. The molecule has 1 aliphatic carbocycles. The van der Waals surface area contributed by atoms with Gasteiger partial charge in [0.25, 0.3) is 0 Å². The fourth-order valence-electron chi connectivity index (χ4n) is 2.56. The summed E-state index contributed by atoms with van der Waals surface area (Å²) in [4.78, 5) is 2.43. The third-order valence-electron chi connectivity index (χ3n) is 3.92. The fourth-order valence-corrected chi connectivity index (χ4v) is 2.56. The maximum Gasteiger partial charge on any atom is 0.119 e. The zero-order valence-electron chi connectivity index (χ0n) is 11.4. The first-order chi connectivity index (χ1) is 8.76. The first-order valence-electron chi connectivity index (χ1n) is 6.91. The van der Waals surface area contributed by atoms with Crippen molar-refractivity contribution in [1.29, 1.82) is 0 Å². The van der Waals surface area contributed by atoms with E-state index in [-0.39, 0.29) is 0 Å². The predicted molar refractivity (Wildman–Crippen MR) is 74.8 cm³/mol. The van der Waals surface area contributed by atoms with Crippen LogP contribution < -0.4 is 10.5 Å². The molecule has 1 atom stereocenters. The number of nitrogens with two attached hydrogens (primary N) is 1. The lowest BCUT2D eigenvalue weighted by Gasteiger charge is -2.39. The van der Waals surface area contributed by atoms with Crippen molar-refractivity contribution >= 4 is 0 Å². The molecule has 0 spiro atoms. The Morgan fingerprint density at radius 2 is 2.22 bits per heavy atom. The molecule has 0 radical (unpaired) electrons. The van der Waals surface area contributed by atoms with Crippen LogP contribution in [0.5, 0.6) is 5.75 Å². The van der Waals surface area contributed by atoms with Crippen LogP contribution in [0.25, 0.3) is 0 Å². The minimum atomic E-state index is 0.302. The van der Waals surface area contributed by atoms with E-state index >= 15 is 0 Å². The first-order valence-corrected chi connectivity index (χ1v) is 6.91. The van der Waals surface area contributed by atoms with E-state index in [0.29, 0.717) is 25.2 Å². The van der Waals surface area contributed by atoms with Crippen LogP contribution in [0.15, 0.2) is 24.3 Å². The molecule has 3 heteroatoms. The van der Waals surface area contributed by atoms with Gasteiger partial charge in [0.2, 0.25) is 0 Å². The molecule has 100 valence electrons. The van der Waals surface area contributed by atoms with Crippen LogP contribution in [0.1, 0.15) is 37.8 Å². The monoisotopic (exact) mass is 248 g/mol. The van der Waals surface area contributed by atoms with E-state index in [4.69, 9.17) is 10.5 Å². The van der Waals surface area contributed by atoms with E-state index in [1.807, 2.05) is 13.0 Å². The Bertz CT molecular complexity index is 377. The van der Waals surface area contributed by atoms with Gasteiger partial charge in [-0.15, -0.1) is 0 Å². The van der Waals surface area contributed by atoms with Crippen molar-refractivity contribution in [1.82, 2.24) is 4.90 Å². The number of nitrogens with zero attached hydrogens (tertiary/aromatic N) is 1. The van der Waals surface area contributed by atoms with Crippen molar-refractivity contribution in [2.24, 2.45) is 5.73 Å². The maximum atomic E-state index is 5.96. The van der Waals surface area contributed by atoms with Gasteiger partial charge in [-0.05, 0) is 44.5 Å². The van der Waals surface area contributed by atoms with E-state index in [9.17, 15) is 0 Å². The first kappa shape index (κ1) is 13.4. The summed E-state index contributed by atoms with van der Waals surface area (Å²) in [6, 6.07) is 9.33. The van der Waals surface area contributed by atoms with Gasteiger partial charge >= 0.3 is 0 Å². The summed E-state index contributed by atoms with van der Waals surface area (Å²) in [5.41, 5.74) is 7.23. The number of ether oxygens (including phenoxy) is 1. The third kappa shape index (κ3) is 2.85. The zero-order chi connectivity index (χ0) is 13.0.